The fourth-order valence-electron chi connectivity index (χ4n) is 3.47. The molecule has 0 spiro atoms. The van der Waals surface area contributed by atoms with Gasteiger partial charge in [0.2, 0.25) is 0 Å². The third-order valence-electron chi connectivity index (χ3n) is 5.21. The maximum absolute atomic E-state index is 12.7. The molecular weight excluding hydrogens is 432 g/mol. The van der Waals surface area contributed by atoms with Crippen molar-refractivity contribution in [1.82, 2.24) is 0 Å². The van der Waals surface area contributed by atoms with Gasteiger partial charge in [0, 0.05) is 28.9 Å². The number of carbonyl (C=O) groups excluding carboxylic acids is 1. The zero-order chi connectivity index (χ0) is 23.9. The van der Waals surface area contributed by atoms with Crippen molar-refractivity contribution in [3.8, 4) is 22.6 Å². The molecule has 1 N–H and O–H groups in total. The van der Waals surface area contributed by atoms with Gasteiger partial charge in [-0.2, -0.15) is 0 Å². The summed E-state index contributed by atoms with van der Waals surface area (Å²) in [6, 6.07) is 28.6. The summed E-state index contributed by atoms with van der Waals surface area (Å²) in [7, 11) is 1.55. The Morgan fingerprint density at radius 2 is 1.62 bits per heavy atom. The Kier molecular flexibility index (Phi) is 6.84. The summed E-state index contributed by atoms with van der Waals surface area (Å²) in [5, 5.41) is 13.7. The van der Waals surface area contributed by atoms with Crippen LogP contribution in [0.2, 0.25) is 0 Å². The third-order valence-corrected chi connectivity index (χ3v) is 5.21. The summed E-state index contributed by atoms with van der Waals surface area (Å²) in [6.07, 6.45) is 0. The minimum atomic E-state index is -0.509. The minimum Gasteiger partial charge on any atom is -0.496 e. The van der Waals surface area contributed by atoms with Crippen LogP contribution in [0.3, 0.4) is 0 Å². The van der Waals surface area contributed by atoms with Crippen molar-refractivity contribution in [2.24, 2.45) is 0 Å². The van der Waals surface area contributed by atoms with Gasteiger partial charge in [-0.25, -0.2) is 0 Å². The number of ether oxygens (including phenoxy) is 2. The molecule has 0 saturated heterocycles. The number of benzene rings is 4. The van der Waals surface area contributed by atoms with Gasteiger partial charge in [0.15, 0.2) is 0 Å². The molecule has 0 fully saturated rings. The van der Waals surface area contributed by atoms with Crippen molar-refractivity contribution in [1.29, 1.82) is 0 Å². The van der Waals surface area contributed by atoms with E-state index in [1.165, 1.54) is 18.2 Å². The van der Waals surface area contributed by atoms with Crippen LogP contribution in [0.25, 0.3) is 11.1 Å². The Hall–Kier alpha value is -4.65. The number of nitro benzene ring substituents is 1. The van der Waals surface area contributed by atoms with Gasteiger partial charge in [-0.3, -0.25) is 14.9 Å². The van der Waals surface area contributed by atoms with E-state index >= 15 is 0 Å². The average Bonchev–Trinajstić information content (AvgIpc) is 2.88. The Labute approximate surface area is 196 Å². The number of amides is 1. The average molecular weight is 454 g/mol. The molecule has 0 aliphatic heterocycles. The molecule has 0 aromatic heterocycles. The SMILES string of the molecule is COc1ccc(C(=O)Nc2cccc([N+](=O)[O-])c2)cc1COc1ccc(-c2ccccc2)cc1. The summed E-state index contributed by atoms with van der Waals surface area (Å²) in [5.74, 6) is 0.887. The van der Waals surface area contributed by atoms with Gasteiger partial charge in [-0.15, -0.1) is 0 Å². The molecule has 0 aliphatic carbocycles. The molecule has 0 heterocycles. The van der Waals surface area contributed by atoms with Gasteiger partial charge in [0.1, 0.15) is 18.1 Å². The Bertz CT molecular complexity index is 1300. The van der Waals surface area contributed by atoms with Gasteiger partial charge in [0.25, 0.3) is 11.6 Å². The summed E-state index contributed by atoms with van der Waals surface area (Å²) >= 11 is 0. The van der Waals surface area contributed by atoms with Crippen molar-refractivity contribution in [3.05, 3.63) is 118 Å². The van der Waals surface area contributed by atoms with E-state index in [0.29, 0.717) is 28.3 Å². The highest BCUT2D eigenvalue weighted by molar-refractivity contribution is 6.04. The molecule has 0 radical (unpaired) electrons. The molecule has 170 valence electrons. The van der Waals surface area contributed by atoms with E-state index in [-0.39, 0.29) is 12.3 Å². The topological polar surface area (TPSA) is 90.7 Å². The van der Waals surface area contributed by atoms with Crippen LogP contribution >= 0.6 is 0 Å². The molecular formula is C27H22N2O5. The highest BCUT2D eigenvalue weighted by Gasteiger charge is 2.13. The van der Waals surface area contributed by atoms with Crippen molar-refractivity contribution in [3.63, 3.8) is 0 Å². The summed E-state index contributed by atoms with van der Waals surface area (Å²) in [4.78, 5) is 23.2. The molecule has 4 aromatic carbocycles. The molecule has 0 saturated carbocycles. The summed E-state index contributed by atoms with van der Waals surface area (Å²) in [5.41, 5.74) is 3.53. The fraction of sp³-hybridized carbons (Fsp3) is 0.0741. The smallest absolute Gasteiger partial charge is 0.271 e. The number of hydrogen-bond donors (Lipinski definition) is 1. The number of methoxy groups -OCH3 is 1. The lowest BCUT2D eigenvalue weighted by Gasteiger charge is -2.13. The lowest BCUT2D eigenvalue weighted by atomic mass is 10.1. The van der Waals surface area contributed by atoms with Crippen molar-refractivity contribution >= 4 is 17.3 Å². The van der Waals surface area contributed by atoms with Crippen molar-refractivity contribution in [2.45, 2.75) is 6.61 Å². The van der Waals surface area contributed by atoms with E-state index in [0.717, 1.165) is 11.1 Å². The number of nitro groups is 1. The van der Waals surface area contributed by atoms with Crippen LogP contribution in [0, 0.1) is 10.1 Å². The highest BCUT2D eigenvalue weighted by atomic mass is 16.6. The van der Waals surface area contributed by atoms with E-state index in [1.54, 1.807) is 31.4 Å². The second-order valence-electron chi connectivity index (χ2n) is 7.47. The Morgan fingerprint density at radius 3 is 2.32 bits per heavy atom. The van der Waals surface area contributed by atoms with Crippen LogP contribution in [-0.4, -0.2) is 17.9 Å². The van der Waals surface area contributed by atoms with Crippen molar-refractivity contribution in [2.75, 3.05) is 12.4 Å². The normalized spacial score (nSPS) is 10.4. The molecule has 0 aliphatic rings. The largest absolute Gasteiger partial charge is 0.496 e. The number of hydrogen-bond acceptors (Lipinski definition) is 5. The molecule has 4 rings (SSSR count). The van der Waals surface area contributed by atoms with E-state index < -0.39 is 10.8 Å². The van der Waals surface area contributed by atoms with Crippen LogP contribution in [0.5, 0.6) is 11.5 Å². The quantitative estimate of drug-likeness (QED) is 0.257. The van der Waals surface area contributed by atoms with Gasteiger partial charge >= 0.3 is 0 Å². The maximum atomic E-state index is 12.7. The Balaban J connectivity index is 1.46. The van der Waals surface area contributed by atoms with Crippen LogP contribution in [-0.2, 0) is 6.61 Å². The van der Waals surface area contributed by atoms with Gasteiger partial charge < -0.3 is 14.8 Å². The second-order valence-corrected chi connectivity index (χ2v) is 7.47. The lowest BCUT2D eigenvalue weighted by molar-refractivity contribution is -0.384. The predicted octanol–water partition coefficient (Wildman–Crippen LogP) is 6.10. The molecule has 0 unspecified atom stereocenters. The standard InChI is InChI=1S/C27H22N2O5/c1-33-26-15-12-21(27(30)28-23-8-5-9-24(17-23)29(31)32)16-22(26)18-34-25-13-10-20(11-14-25)19-6-3-2-4-7-19/h2-17H,18H2,1H3,(H,28,30). The van der Waals surface area contributed by atoms with Crippen LogP contribution in [0.15, 0.2) is 97.1 Å². The second kappa shape index (κ2) is 10.3. The zero-order valence-electron chi connectivity index (χ0n) is 18.4. The maximum Gasteiger partial charge on any atom is 0.271 e. The number of carbonyl (C=O) groups is 1. The first-order valence-corrected chi connectivity index (χ1v) is 10.5. The van der Waals surface area contributed by atoms with Gasteiger partial charge in [-0.05, 0) is 47.5 Å². The minimum absolute atomic E-state index is 0.0973. The first kappa shape index (κ1) is 22.5. The molecule has 4 aromatic rings. The van der Waals surface area contributed by atoms with Crippen LogP contribution < -0.4 is 14.8 Å². The fourth-order valence-corrected chi connectivity index (χ4v) is 3.47. The molecule has 7 nitrogen and oxygen atoms in total. The molecule has 0 bridgehead atoms. The van der Waals surface area contributed by atoms with Crippen LogP contribution in [0.4, 0.5) is 11.4 Å². The van der Waals surface area contributed by atoms with Crippen molar-refractivity contribution < 1.29 is 19.2 Å². The Morgan fingerprint density at radius 1 is 0.882 bits per heavy atom. The number of anilines is 1. The summed E-state index contributed by atoms with van der Waals surface area (Å²) in [6.45, 7) is 0.200. The van der Waals surface area contributed by atoms with E-state index in [9.17, 15) is 14.9 Å². The number of nitrogens with zero attached hydrogens (tertiary/aromatic N) is 1. The number of nitrogens with one attached hydrogen (secondary N) is 1. The first-order chi connectivity index (χ1) is 16.5. The van der Waals surface area contributed by atoms with E-state index in [2.05, 4.69) is 5.32 Å². The molecule has 1 amide bonds. The molecule has 7 heteroatoms. The van der Waals surface area contributed by atoms with Crippen LogP contribution in [0.1, 0.15) is 15.9 Å². The summed E-state index contributed by atoms with van der Waals surface area (Å²) < 4.78 is 11.4. The monoisotopic (exact) mass is 454 g/mol. The van der Waals surface area contributed by atoms with E-state index in [1.807, 2.05) is 54.6 Å². The number of non-ortho nitro benzene ring substituents is 1. The van der Waals surface area contributed by atoms with E-state index in [4.69, 9.17) is 9.47 Å². The lowest BCUT2D eigenvalue weighted by Crippen LogP contribution is -2.13. The predicted molar refractivity (Wildman–Crippen MR) is 130 cm³/mol. The highest BCUT2D eigenvalue weighted by Crippen LogP contribution is 2.26. The number of rotatable bonds is 8. The van der Waals surface area contributed by atoms with Gasteiger partial charge in [-0.1, -0.05) is 48.5 Å². The molecule has 0 atom stereocenters. The molecule has 34 heavy (non-hydrogen) atoms. The third kappa shape index (κ3) is 5.39. The zero-order valence-corrected chi connectivity index (χ0v) is 18.4. The van der Waals surface area contributed by atoms with Gasteiger partial charge in [0.05, 0.1) is 12.0 Å². The first-order valence-electron chi connectivity index (χ1n) is 10.5.